The van der Waals surface area contributed by atoms with Crippen molar-refractivity contribution in [2.45, 2.75) is 0 Å². The zero-order chi connectivity index (χ0) is 6.57. The highest BCUT2D eigenvalue weighted by Crippen LogP contribution is 1.92. The fourth-order valence-corrected chi connectivity index (χ4v) is 0.188. The van der Waals surface area contributed by atoms with E-state index < -0.39 is 7.12 Å². The molecule has 44 valence electrons. The lowest BCUT2D eigenvalue weighted by Crippen LogP contribution is -2.23. The van der Waals surface area contributed by atoms with Crippen molar-refractivity contribution >= 4 is 7.12 Å². The van der Waals surface area contributed by atoms with Gasteiger partial charge in [0.2, 0.25) is 0 Å². The predicted octanol–water partition coefficient (Wildman–Crippen LogP) is -0.361. The minimum Gasteiger partial charge on any atom is -0.422 e. The lowest BCUT2D eigenvalue weighted by Gasteiger charge is -1.98. The summed E-state index contributed by atoms with van der Waals surface area (Å²) in [7, 11) is -1.12. The molecule has 0 spiro atoms. The molecule has 0 saturated carbocycles. The molecule has 0 aromatic carbocycles. The highest BCUT2D eigenvalue weighted by molar-refractivity contribution is 6.52. The number of allylic oxidation sites excluding steroid dienone is 2. The molecule has 0 bridgehead atoms. The van der Waals surface area contributed by atoms with Crippen molar-refractivity contribution in [2.24, 2.45) is 5.90 Å². The van der Waals surface area contributed by atoms with Gasteiger partial charge in [0.1, 0.15) is 0 Å². The van der Waals surface area contributed by atoms with Crippen LogP contribution >= 0.6 is 0 Å². The summed E-state index contributed by atoms with van der Waals surface area (Å²) in [5.74, 6) is 4.59. The van der Waals surface area contributed by atoms with Crippen molar-refractivity contribution in [1.82, 2.24) is 0 Å². The molecule has 0 aliphatic carbocycles. The highest BCUT2D eigenvalue weighted by Gasteiger charge is 2.12. The fraction of sp³-hybridized carbons (Fsp3) is 0. The first kappa shape index (κ1) is 7.42. The molecule has 0 atom stereocenters. The Labute approximate surface area is 48.5 Å². The van der Waals surface area contributed by atoms with Crippen LogP contribution in [0.1, 0.15) is 0 Å². The summed E-state index contributed by atoms with van der Waals surface area (Å²) in [6.45, 7) is 6.71. The van der Waals surface area contributed by atoms with Gasteiger partial charge in [-0.15, -0.1) is 0 Å². The van der Waals surface area contributed by atoms with E-state index in [0.29, 0.717) is 5.47 Å². The van der Waals surface area contributed by atoms with Crippen LogP contribution < -0.4 is 5.90 Å². The van der Waals surface area contributed by atoms with Gasteiger partial charge in [0.15, 0.2) is 0 Å². The number of rotatable bonds is 3. The molecular weight excluding hydrogens is 105 g/mol. The van der Waals surface area contributed by atoms with Crippen LogP contribution in [0.2, 0.25) is 0 Å². The van der Waals surface area contributed by atoms with Gasteiger partial charge >= 0.3 is 7.12 Å². The van der Waals surface area contributed by atoms with Crippen LogP contribution in [0.15, 0.2) is 24.7 Å². The summed E-state index contributed by atoms with van der Waals surface area (Å²) in [6.07, 6.45) is 1.37. The molecule has 0 aromatic rings. The first-order valence-electron chi connectivity index (χ1n) is 2.07. The van der Waals surface area contributed by atoms with Gasteiger partial charge in [0.05, 0.1) is 0 Å². The number of hydrogen-bond acceptors (Lipinski definition) is 3. The third kappa shape index (κ3) is 1.93. The Hall–Kier alpha value is -0.575. The molecule has 0 aliphatic heterocycles. The van der Waals surface area contributed by atoms with Gasteiger partial charge < -0.3 is 9.78 Å². The van der Waals surface area contributed by atoms with E-state index in [1.807, 2.05) is 0 Å². The second kappa shape index (κ2) is 3.43. The Bertz CT molecular complexity index is 104. The standard InChI is InChI=1S/C4H8BNO2/c1-3-4(2)5(7)8-6/h3,7H,1-2,6H2. The quantitative estimate of drug-likeness (QED) is 0.298. The SMILES string of the molecule is C=CC(=C)B(O)ON. The molecule has 0 heterocycles. The summed E-state index contributed by atoms with van der Waals surface area (Å²) in [6, 6.07) is 0. The van der Waals surface area contributed by atoms with Gasteiger partial charge in [-0.3, -0.25) is 0 Å². The van der Waals surface area contributed by atoms with Crippen LogP contribution in [-0.4, -0.2) is 12.1 Å². The van der Waals surface area contributed by atoms with Gasteiger partial charge in [0, 0.05) is 0 Å². The first-order valence-corrected chi connectivity index (χ1v) is 2.07. The van der Waals surface area contributed by atoms with Crippen molar-refractivity contribution in [2.75, 3.05) is 0 Å². The lowest BCUT2D eigenvalue weighted by atomic mass is 9.81. The van der Waals surface area contributed by atoms with Crippen LogP contribution in [0.4, 0.5) is 0 Å². The first-order chi connectivity index (χ1) is 3.72. The summed E-state index contributed by atoms with van der Waals surface area (Å²) in [4.78, 5) is 0. The molecule has 0 unspecified atom stereocenters. The normalized spacial score (nSPS) is 8.25. The molecule has 8 heavy (non-hydrogen) atoms. The highest BCUT2D eigenvalue weighted by atomic mass is 16.6. The van der Waals surface area contributed by atoms with Crippen LogP contribution in [0, 0.1) is 0 Å². The van der Waals surface area contributed by atoms with E-state index in [1.54, 1.807) is 0 Å². The number of nitrogens with two attached hydrogens (primary N) is 1. The monoisotopic (exact) mass is 113 g/mol. The summed E-state index contributed by atoms with van der Waals surface area (Å²) in [5, 5.41) is 8.61. The van der Waals surface area contributed by atoms with Crippen molar-refractivity contribution in [1.29, 1.82) is 0 Å². The third-order valence-corrected chi connectivity index (χ3v) is 0.708. The molecule has 3 N–H and O–H groups in total. The Morgan fingerprint density at radius 1 is 1.88 bits per heavy atom. The second-order valence-electron chi connectivity index (χ2n) is 1.27. The van der Waals surface area contributed by atoms with E-state index in [0.717, 1.165) is 0 Å². The smallest absolute Gasteiger partial charge is 0.422 e. The molecule has 0 rings (SSSR count). The zero-order valence-corrected chi connectivity index (χ0v) is 4.50. The van der Waals surface area contributed by atoms with Crippen LogP contribution in [0.25, 0.3) is 0 Å². The van der Waals surface area contributed by atoms with Gasteiger partial charge in [-0.25, -0.2) is 5.90 Å². The Balaban J connectivity index is 3.62. The molecule has 0 aliphatic rings. The van der Waals surface area contributed by atoms with Crippen LogP contribution in [0.5, 0.6) is 0 Å². The molecule has 0 amide bonds. The van der Waals surface area contributed by atoms with E-state index in [1.165, 1.54) is 6.08 Å². The third-order valence-electron chi connectivity index (χ3n) is 0.708. The summed E-state index contributed by atoms with van der Waals surface area (Å²) in [5.41, 5.74) is 0.354. The second-order valence-corrected chi connectivity index (χ2v) is 1.27. The average Bonchev–Trinajstić information content (AvgIpc) is 1.84. The van der Waals surface area contributed by atoms with Crippen molar-refractivity contribution < 1.29 is 9.78 Å². The predicted molar refractivity (Wildman–Crippen MR) is 32.6 cm³/mol. The zero-order valence-electron chi connectivity index (χ0n) is 4.50. The summed E-state index contributed by atoms with van der Waals surface area (Å²) < 4.78 is 3.99. The van der Waals surface area contributed by atoms with E-state index in [2.05, 4.69) is 23.8 Å². The Kier molecular flexibility index (Phi) is 3.18. The van der Waals surface area contributed by atoms with Crippen molar-refractivity contribution in [3.63, 3.8) is 0 Å². The Morgan fingerprint density at radius 3 is 2.50 bits per heavy atom. The molecule has 0 radical (unpaired) electrons. The fourth-order valence-electron chi connectivity index (χ4n) is 0.188. The molecule has 0 saturated heterocycles. The van der Waals surface area contributed by atoms with Gasteiger partial charge in [0.25, 0.3) is 0 Å². The van der Waals surface area contributed by atoms with Gasteiger partial charge in [-0.1, -0.05) is 19.2 Å². The van der Waals surface area contributed by atoms with E-state index in [-0.39, 0.29) is 0 Å². The van der Waals surface area contributed by atoms with Crippen LogP contribution in [-0.2, 0) is 4.76 Å². The minimum absolute atomic E-state index is 0.354. The van der Waals surface area contributed by atoms with Crippen LogP contribution in [0.3, 0.4) is 0 Å². The van der Waals surface area contributed by atoms with E-state index in [9.17, 15) is 0 Å². The Morgan fingerprint density at radius 2 is 2.38 bits per heavy atom. The van der Waals surface area contributed by atoms with Gasteiger partial charge in [-0.05, 0) is 5.47 Å². The van der Waals surface area contributed by atoms with E-state index in [4.69, 9.17) is 5.02 Å². The maximum absolute atomic E-state index is 8.61. The lowest BCUT2D eigenvalue weighted by molar-refractivity contribution is 0.278. The average molecular weight is 113 g/mol. The topological polar surface area (TPSA) is 55.5 Å². The summed E-state index contributed by atoms with van der Waals surface area (Å²) >= 11 is 0. The van der Waals surface area contributed by atoms with E-state index >= 15 is 0 Å². The molecule has 4 heteroatoms. The number of hydrogen-bond donors (Lipinski definition) is 2. The molecule has 0 fully saturated rings. The van der Waals surface area contributed by atoms with Crippen molar-refractivity contribution in [3.8, 4) is 0 Å². The maximum atomic E-state index is 8.61. The molecule has 3 nitrogen and oxygen atoms in total. The minimum atomic E-state index is -1.12. The largest absolute Gasteiger partial charge is 0.507 e. The molecule has 0 aromatic heterocycles. The molecular formula is C4H8BNO2. The van der Waals surface area contributed by atoms with Crippen molar-refractivity contribution in [3.05, 3.63) is 24.7 Å². The van der Waals surface area contributed by atoms with Gasteiger partial charge in [-0.2, -0.15) is 0 Å². The maximum Gasteiger partial charge on any atom is 0.507 e.